The standard InChI is InChI=1S/C14H21N3O3/c1-9-5-4-6-11(10(9)2)15-14-12(17(18)19)7-8-13(16-14)20-3/h7-11H,4-6H2,1-3H3,(H,15,16). The van der Waals surface area contributed by atoms with Crippen LogP contribution in [0.15, 0.2) is 12.1 Å². The number of pyridine rings is 1. The molecule has 0 radical (unpaired) electrons. The number of nitrogens with zero attached hydrogens (tertiary/aromatic N) is 2. The van der Waals surface area contributed by atoms with Gasteiger partial charge in [-0.2, -0.15) is 4.98 Å². The summed E-state index contributed by atoms with van der Waals surface area (Å²) in [6, 6.07) is 3.17. The molecule has 3 atom stereocenters. The van der Waals surface area contributed by atoms with Gasteiger partial charge in [-0.15, -0.1) is 0 Å². The number of anilines is 1. The van der Waals surface area contributed by atoms with Crippen molar-refractivity contribution < 1.29 is 9.66 Å². The highest BCUT2D eigenvalue weighted by Crippen LogP contribution is 2.33. The molecule has 1 aliphatic carbocycles. The van der Waals surface area contributed by atoms with E-state index in [-0.39, 0.29) is 11.7 Å². The maximum atomic E-state index is 11.1. The number of nitro groups is 1. The Balaban J connectivity index is 2.24. The van der Waals surface area contributed by atoms with Crippen LogP contribution >= 0.6 is 0 Å². The minimum absolute atomic E-state index is 0.00349. The molecule has 1 fully saturated rings. The lowest BCUT2D eigenvalue weighted by atomic mass is 9.78. The molecule has 1 N–H and O–H groups in total. The first-order chi connectivity index (χ1) is 9.52. The summed E-state index contributed by atoms with van der Waals surface area (Å²) in [5.74, 6) is 1.78. The van der Waals surface area contributed by atoms with Crippen molar-refractivity contribution in [1.82, 2.24) is 4.98 Å². The Labute approximate surface area is 118 Å². The van der Waals surface area contributed by atoms with Crippen LogP contribution in [0.1, 0.15) is 33.1 Å². The van der Waals surface area contributed by atoms with Gasteiger partial charge in [-0.25, -0.2) is 0 Å². The van der Waals surface area contributed by atoms with Crippen molar-refractivity contribution in [1.29, 1.82) is 0 Å². The highest BCUT2D eigenvalue weighted by Gasteiger charge is 2.29. The Morgan fingerprint density at radius 3 is 2.80 bits per heavy atom. The average Bonchev–Trinajstić information content (AvgIpc) is 2.43. The van der Waals surface area contributed by atoms with Gasteiger partial charge in [0.05, 0.1) is 12.0 Å². The first-order valence-corrected chi connectivity index (χ1v) is 6.99. The van der Waals surface area contributed by atoms with E-state index in [1.54, 1.807) is 0 Å². The summed E-state index contributed by atoms with van der Waals surface area (Å²) in [6.07, 6.45) is 3.37. The smallest absolute Gasteiger partial charge is 0.311 e. The number of methoxy groups -OCH3 is 1. The quantitative estimate of drug-likeness (QED) is 0.676. The van der Waals surface area contributed by atoms with Crippen molar-refractivity contribution in [3.8, 4) is 5.88 Å². The van der Waals surface area contributed by atoms with E-state index in [4.69, 9.17) is 4.74 Å². The largest absolute Gasteiger partial charge is 0.481 e. The lowest BCUT2D eigenvalue weighted by molar-refractivity contribution is -0.384. The van der Waals surface area contributed by atoms with E-state index in [2.05, 4.69) is 24.1 Å². The van der Waals surface area contributed by atoms with Crippen LogP contribution in [0.3, 0.4) is 0 Å². The monoisotopic (exact) mass is 279 g/mol. The number of aromatic nitrogens is 1. The van der Waals surface area contributed by atoms with Crippen LogP contribution < -0.4 is 10.1 Å². The molecule has 0 saturated heterocycles. The first-order valence-electron chi connectivity index (χ1n) is 6.99. The molecule has 0 aliphatic heterocycles. The van der Waals surface area contributed by atoms with E-state index in [0.717, 1.165) is 12.8 Å². The SMILES string of the molecule is COc1ccc([N+](=O)[O-])c(NC2CCCC(C)C2C)n1. The van der Waals surface area contributed by atoms with Crippen LogP contribution in [0.4, 0.5) is 11.5 Å². The molecule has 3 unspecified atom stereocenters. The lowest BCUT2D eigenvalue weighted by Crippen LogP contribution is -2.35. The number of hydrogen-bond donors (Lipinski definition) is 1. The number of hydrogen-bond acceptors (Lipinski definition) is 5. The zero-order valence-corrected chi connectivity index (χ0v) is 12.1. The summed E-state index contributed by atoms with van der Waals surface area (Å²) in [4.78, 5) is 14.9. The van der Waals surface area contributed by atoms with Crippen LogP contribution in [0, 0.1) is 22.0 Å². The highest BCUT2D eigenvalue weighted by atomic mass is 16.6. The molecule has 1 aromatic heterocycles. The van der Waals surface area contributed by atoms with Gasteiger partial charge in [-0.05, 0) is 18.3 Å². The van der Waals surface area contributed by atoms with Gasteiger partial charge in [0.2, 0.25) is 11.7 Å². The van der Waals surface area contributed by atoms with E-state index < -0.39 is 4.92 Å². The normalized spacial score (nSPS) is 26.1. The molecule has 6 heteroatoms. The summed E-state index contributed by atoms with van der Waals surface area (Å²) >= 11 is 0. The van der Waals surface area contributed by atoms with Crippen LogP contribution in [0.5, 0.6) is 5.88 Å². The van der Waals surface area contributed by atoms with Gasteiger partial charge < -0.3 is 10.1 Å². The minimum Gasteiger partial charge on any atom is -0.481 e. The second-order valence-electron chi connectivity index (χ2n) is 5.50. The average molecular weight is 279 g/mol. The molecule has 20 heavy (non-hydrogen) atoms. The molecule has 1 aromatic rings. The fraction of sp³-hybridized carbons (Fsp3) is 0.643. The topological polar surface area (TPSA) is 77.3 Å². The predicted octanol–water partition coefficient (Wildman–Crippen LogP) is 3.24. The van der Waals surface area contributed by atoms with Gasteiger partial charge in [0.1, 0.15) is 0 Å². The van der Waals surface area contributed by atoms with E-state index in [9.17, 15) is 10.1 Å². The molecule has 0 bridgehead atoms. The van der Waals surface area contributed by atoms with Crippen molar-refractivity contribution in [2.24, 2.45) is 11.8 Å². The predicted molar refractivity (Wildman–Crippen MR) is 77.0 cm³/mol. The fourth-order valence-electron chi connectivity index (χ4n) is 2.76. The van der Waals surface area contributed by atoms with Crippen LogP contribution in [0.25, 0.3) is 0 Å². The van der Waals surface area contributed by atoms with Gasteiger partial charge in [-0.1, -0.05) is 26.7 Å². The molecule has 0 spiro atoms. The summed E-state index contributed by atoms with van der Waals surface area (Å²) in [6.45, 7) is 4.42. The van der Waals surface area contributed by atoms with Crippen molar-refractivity contribution in [3.05, 3.63) is 22.2 Å². The number of nitrogens with one attached hydrogen (secondary N) is 1. The second kappa shape index (κ2) is 6.07. The summed E-state index contributed by atoms with van der Waals surface area (Å²) in [5.41, 5.74) is -0.00349. The Bertz CT molecular complexity index is 493. The summed E-state index contributed by atoms with van der Waals surface area (Å²) in [5, 5.41) is 14.3. The van der Waals surface area contributed by atoms with E-state index in [1.807, 2.05) is 0 Å². The Morgan fingerprint density at radius 2 is 2.15 bits per heavy atom. The van der Waals surface area contributed by atoms with Crippen LogP contribution in [-0.2, 0) is 0 Å². The van der Waals surface area contributed by atoms with Crippen molar-refractivity contribution >= 4 is 11.5 Å². The minimum atomic E-state index is -0.411. The summed E-state index contributed by atoms with van der Waals surface area (Å²) < 4.78 is 5.05. The molecule has 0 amide bonds. The molecule has 2 rings (SSSR count). The maximum absolute atomic E-state index is 11.1. The number of ether oxygens (including phenoxy) is 1. The zero-order chi connectivity index (χ0) is 14.7. The van der Waals surface area contributed by atoms with E-state index >= 15 is 0 Å². The third-order valence-electron chi connectivity index (χ3n) is 4.28. The first kappa shape index (κ1) is 14.6. The molecule has 110 valence electrons. The van der Waals surface area contributed by atoms with Crippen molar-refractivity contribution in [2.45, 2.75) is 39.2 Å². The van der Waals surface area contributed by atoms with Crippen LogP contribution in [0.2, 0.25) is 0 Å². The zero-order valence-electron chi connectivity index (χ0n) is 12.1. The molecular weight excluding hydrogens is 258 g/mol. The van der Waals surface area contributed by atoms with Gasteiger partial charge in [0.25, 0.3) is 0 Å². The molecule has 1 saturated carbocycles. The molecule has 1 aliphatic rings. The molecule has 6 nitrogen and oxygen atoms in total. The Hall–Kier alpha value is -1.85. The van der Waals surface area contributed by atoms with Gasteiger partial charge in [0, 0.05) is 18.2 Å². The van der Waals surface area contributed by atoms with Gasteiger partial charge >= 0.3 is 5.69 Å². The molecule has 1 heterocycles. The summed E-state index contributed by atoms with van der Waals surface area (Å²) in [7, 11) is 1.50. The maximum Gasteiger partial charge on any atom is 0.311 e. The molecular formula is C14H21N3O3. The van der Waals surface area contributed by atoms with Crippen LogP contribution in [-0.4, -0.2) is 23.1 Å². The van der Waals surface area contributed by atoms with E-state index in [1.165, 1.54) is 25.7 Å². The third kappa shape index (κ3) is 3.00. The van der Waals surface area contributed by atoms with Crippen molar-refractivity contribution in [3.63, 3.8) is 0 Å². The second-order valence-corrected chi connectivity index (χ2v) is 5.50. The molecule has 0 aromatic carbocycles. The highest BCUT2D eigenvalue weighted by molar-refractivity contribution is 5.57. The Morgan fingerprint density at radius 1 is 1.40 bits per heavy atom. The lowest BCUT2D eigenvalue weighted by Gasteiger charge is -2.34. The van der Waals surface area contributed by atoms with Crippen molar-refractivity contribution in [2.75, 3.05) is 12.4 Å². The number of rotatable bonds is 4. The van der Waals surface area contributed by atoms with E-state index in [0.29, 0.717) is 23.5 Å². The van der Waals surface area contributed by atoms with Gasteiger partial charge in [-0.3, -0.25) is 10.1 Å². The van der Waals surface area contributed by atoms with Gasteiger partial charge in [0.15, 0.2) is 0 Å². The third-order valence-corrected chi connectivity index (χ3v) is 4.28. The Kier molecular flexibility index (Phi) is 4.42. The fourth-order valence-corrected chi connectivity index (χ4v) is 2.76.